The largest absolute Gasteiger partial charge is 0.548 e. The number of benzene rings is 1. The normalized spacial score (nSPS) is 20.1. The number of carbonyl (C=O) groups excluding carboxylic acids is 3. The Morgan fingerprint density at radius 1 is 1.46 bits per heavy atom. The van der Waals surface area contributed by atoms with E-state index in [1.807, 2.05) is 0 Å². The molecule has 9 nitrogen and oxygen atoms in total. The van der Waals surface area contributed by atoms with Crippen molar-refractivity contribution < 1.29 is 24.4 Å². The van der Waals surface area contributed by atoms with Crippen LogP contribution in [0.3, 0.4) is 0 Å². The van der Waals surface area contributed by atoms with E-state index in [1.54, 1.807) is 13.0 Å². The number of thioether (sulfide) groups is 1. The lowest BCUT2D eigenvalue weighted by atomic mass is 10.2. The fourth-order valence-electron chi connectivity index (χ4n) is 2.14. The second-order valence-electron chi connectivity index (χ2n) is 5.23. The molecule has 10 heteroatoms. The first-order valence-electron chi connectivity index (χ1n) is 6.95. The van der Waals surface area contributed by atoms with Crippen LogP contribution in [0.5, 0.6) is 0 Å². The van der Waals surface area contributed by atoms with Crippen molar-refractivity contribution in [1.82, 2.24) is 5.32 Å². The number of nitro groups is 1. The minimum atomic E-state index is -1.38. The van der Waals surface area contributed by atoms with Gasteiger partial charge in [0.05, 0.1) is 22.2 Å². The van der Waals surface area contributed by atoms with Gasteiger partial charge in [0.2, 0.25) is 11.8 Å². The number of nitro benzene ring substituents is 1. The Morgan fingerprint density at radius 3 is 2.75 bits per heavy atom. The van der Waals surface area contributed by atoms with Gasteiger partial charge >= 0.3 is 0 Å². The predicted octanol–water partition coefficient (Wildman–Crippen LogP) is -0.418. The molecule has 0 saturated carbocycles. The third-order valence-corrected chi connectivity index (χ3v) is 4.66. The molecule has 128 valence electrons. The summed E-state index contributed by atoms with van der Waals surface area (Å²) in [5.74, 6) is -2.43. The zero-order chi connectivity index (χ0) is 17.9. The van der Waals surface area contributed by atoms with Crippen molar-refractivity contribution in [2.24, 2.45) is 0 Å². The molecule has 1 aromatic rings. The van der Waals surface area contributed by atoms with Crippen molar-refractivity contribution in [2.75, 3.05) is 11.1 Å². The quantitative estimate of drug-likeness (QED) is 0.541. The number of aliphatic carboxylic acids is 1. The highest BCUT2D eigenvalue weighted by Gasteiger charge is 2.31. The summed E-state index contributed by atoms with van der Waals surface area (Å²) in [6.07, 6.45) is -0.221. The first-order chi connectivity index (χ1) is 11.3. The number of aryl methyl sites for hydroxylation is 1. The average Bonchev–Trinajstić information content (AvgIpc) is 2.50. The summed E-state index contributed by atoms with van der Waals surface area (Å²) in [6.45, 7) is 1.69. The van der Waals surface area contributed by atoms with E-state index in [-0.39, 0.29) is 23.5 Å². The van der Waals surface area contributed by atoms with E-state index >= 15 is 0 Å². The zero-order valence-corrected chi connectivity index (χ0v) is 13.4. The summed E-state index contributed by atoms with van der Waals surface area (Å²) < 4.78 is 0. The van der Waals surface area contributed by atoms with E-state index in [0.717, 1.165) is 11.8 Å². The van der Waals surface area contributed by atoms with E-state index < -0.39 is 34.0 Å². The lowest BCUT2D eigenvalue weighted by molar-refractivity contribution is -0.384. The smallest absolute Gasteiger partial charge is 0.293 e. The molecular weight excluding hydrogens is 338 g/mol. The SMILES string of the molecule is Cc1ccc(NC(=O)C[C@@H]2SC[C@@H](C(=O)[O-])NC2=O)c([N+](=O)[O-])c1. The Morgan fingerprint density at radius 2 is 2.17 bits per heavy atom. The van der Waals surface area contributed by atoms with Gasteiger partial charge in [0.15, 0.2) is 0 Å². The molecule has 1 aromatic carbocycles. The lowest BCUT2D eigenvalue weighted by Crippen LogP contribution is -2.55. The van der Waals surface area contributed by atoms with Crippen LogP contribution >= 0.6 is 11.8 Å². The molecule has 2 rings (SSSR count). The van der Waals surface area contributed by atoms with Gasteiger partial charge < -0.3 is 20.5 Å². The Bertz CT molecular complexity index is 708. The number of carboxylic acid groups (broad SMARTS) is 1. The Kier molecular flexibility index (Phi) is 5.39. The minimum absolute atomic E-state index is 0.0458. The number of carbonyl (C=O) groups is 3. The van der Waals surface area contributed by atoms with Gasteiger partial charge in [-0.3, -0.25) is 19.7 Å². The first kappa shape index (κ1) is 17.7. The summed E-state index contributed by atoms with van der Waals surface area (Å²) in [5, 5.41) is 25.7. The zero-order valence-electron chi connectivity index (χ0n) is 12.6. The summed E-state index contributed by atoms with van der Waals surface area (Å²) in [6, 6.07) is 3.29. The minimum Gasteiger partial charge on any atom is -0.548 e. The predicted molar refractivity (Wildman–Crippen MR) is 84.3 cm³/mol. The molecule has 1 heterocycles. The number of hydrogen-bond donors (Lipinski definition) is 2. The van der Waals surface area contributed by atoms with E-state index in [0.29, 0.717) is 5.56 Å². The molecule has 1 aliphatic heterocycles. The van der Waals surface area contributed by atoms with Crippen LogP contribution in [0.1, 0.15) is 12.0 Å². The fraction of sp³-hybridized carbons (Fsp3) is 0.357. The Balaban J connectivity index is 2.01. The Labute approximate surface area is 140 Å². The third-order valence-electron chi connectivity index (χ3n) is 3.35. The monoisotopic (exact) mass is 352 g/mol. The van der Waals surface area contributed by atoms with Crippen molar-refractivity contribution in [3.63, 3.8) is 0 Å². The van der Waals surface area contributed by atoms with Crippen molar-refractivity contribution in [3.05, 3.63) is 33.9 Å². The highest BCUT2D eigenvalue weighted by molar-refractivity contribution is 8.00. The maximum atomic E-state index is 12.0. The molecular formula is C14H14N3O6S-. The number of nitrogens with zero attached hydrogens (tertiary/aromatic N) is 1. The van der Waals surface area contributed by atoms with Crippen molar-refractivity contribution in [3.8, 4) is 0 Å². The van der Waals surface area contributed by atoms with Gasteiger partial charge in [-0.1, -0.05) is 6.07 Å². The van der Waals surface area contributed by atoms with Crippen molar-refractivity contribution in [2.45, 2.75) is 24.6 Å². The first-order valence-corrected chi connectivity index (χ1v) is 8.00. The van der Waals surface area contributed by atoms with Crippen LogP contribution in [0.4, 0.5) is 11.4 Å². The molecule has 24 heavy (non-hydrogen) atoms. The van der Waals surface area contributed by atoms with Crippen LogP contribution in [0.15, 0.2) is 18.2 Å². The molecule has 1 aliphatic rings. The van der Waals surface area contributed by atoms with E-state index in [9.17, 15) is 29.6 Å². The highest BCUT2D eigenvalue weighted by atomic mass is 32.2. The standard InChI is InChI=1S/C14H15N3O6S/c1-7-2-3-8(10(4-7)17(22)23)15-12(18)5-11-13(19)16-9(6-24-11)14(20)21/h2-4,9,11H,5-6H2,1H3,(H,15,18)(H,16,19)(H,20,21)/p-1/t9-,11-/m0/s1. The number of amides is 2. The van der Waals surface area contributed by atoms with Gasteiger partial charge in [-0.2, -0.15) is 0 Å². The number of carboxylic acids is 1. The molecule has 0 aliphatic carbocycles. The maximum absolute atomic E-state index is 12.0. The van der Waals surface area contributed by atoms with Gasteiger partial charge in [0.25, 0.3) is 5.69 Å². The molecule has 0 unspecified atom stereocenters. The van der Waals surface area contributed by atoms with Gasteiger partial charge in [0.1, 0.15) is 5.69 Å². The number of nitrogens with one attached hydrogen (secondary N) is 2. The fourth-order valence-corrected chi connectivity index (χ4v) is 3.27. The second kappa shape index (κ2) is 7.30. The summed E-state index contributed by atoms with van der Waals surface area (Å²) in [5.41, 5.74) is 0.487. The molecule has 2 N–H and O–H groups in total. The van der Waals surface area contributed by atoms with Crippen LogP contribution in [-0.4, -0.2) is 39.8 Å². The molecule has 2 amide bonds. The van der Waals surface area contributed by atoms with Crippen LogP contribution in [0.25, 0.3) is 0 Å². The summed E-state index contributed by atoms with van der Waals surface area (Å²) >= 11 is 1.03. The third kappa shape index (κ3) is 4.22. The van der Waals surface area contributed by atoms with Crippen molar-refractivity contribution in [1.29, 1.82) is 0 Å². The Hall–Kier alpha value is -2.62. The number of anilines is 1. The summed E-state index contributed by atoms with van der Waals surface area (Å²) in [4.78, 5) is 45.0. The highest BCUT2D eigenvalue weighted by Crippen LogP contribution is 2.26. The average molecular weight is 352 g/mol. The van der Waals surface area contributed by atoms with Gasteiger partial charge in [-0.15, -0.1) is 11.8 Å². The van der Waals surface area contributed by atoms with Crippen LogP contribution < -0.4 is 15.7 Å². The molecule has 2 atom stereocenters. The molecule has 0 radical (unpaired) electrons. The van der Waals surface area contributed by atoms with Crippen molar-refractivity contribution >= 4 is 40.9 Å². The van der Waals surface area contributed by atoms with Crippen LogP contribution in [-0.2, 0) is 14.4 Å². The second-order valence-corrected chi connectivity index (χ2v) is 6.47. The lowest BCUT2D eigenvalue weighted by Gasteiger charge is -2.28. The summed E-state index contributed by atoms with van der Waals surface area (Å²) in [7, 11) is 0. The molecule has 1 saturated heterocycles. The molecule has 0 bridgehead atoms. The molecule has 0 aromatic heterocycles. The maximum Gasteiger partial charge on any atom is 0.293 e. The topological polar surface area (TPSA) is 141 Å². The number of hydrogen-bond acceptors (Lipinski definition) is 7. The van der Waals surface area contributed by atoms with Gasteiger partial charge in [0, 0.05) is 18.2 Å². The molecule has 0 spiro atoms. The molecule has 1 fully saturated rings. The van der Waals surface area contributed by atoms with E-state index in [1.165, 1.54) is 12.1 Å². The van der Waals surface area contributed by atoms with Crippen LogP contribution in [0.2, 0.25) is 0 Å². The number of rotatable bonds is 5. The van der Waals surface area contributed by atoms with Gasteiger partial charge in [-0.25, -0.2) is 0 Å². The van der Waals surface area contributed by atoms with E-state index in [4.69, 9.17) is 0 Å². The van der Waals surface area contributed by atoms with Gasteiger partial charge in [-0.05, 0) is 18.6 Å². The van der Waals surface area contributed by atoms with E-state index in [2.05, 4.69) is 10.6 Å². The van der Waals surface area contributed by atoms with Crippen LogP contribution in [0, 0.1) is 17.0 Å².